The van der Waals surface area contributed by atoms with E-state index < -0.39 is 8.32 Å². The van der Waals surface area contributed by atoms with Crippen LogP contribution < -0.4 is 11.2 Å². The highest BCUT2D eigenvalue weighted by Gasteiger charge is 2.37. The molecule has 5 nitrogen and oxygen atoms in total. The van der Waals surface area contributed by atoms with Crippen molar-refractivity contribution in [1.82, 2.24) is 9.55 Å². The van der Waals surface area contributed by atoms with Gasteiger partial charge >= 0.3 is 5.69 Å². The lowest BCUT2D eigenvalue weighted by Crippen LogP contribution is -2.43. The summed E-state index contributed by atoms with van der Waals surface area (Å²) in [5.74, 6) is 0. The van der Waals surface area contributed by atoms with E-state index in [1.807, 2.05) is 6.92 Å². The second-order valence-electron chi connectivity index (χ2n) is 6.90. The van der Waals surface area contributed by atoms with Crippen LogP contribution in [-0.2, 0) is 4.43 Å². The summed E-state index contributed by atoms with van der Waals surface area (Å²) >= 11 is 0. The molecule has 0 aliphatic rings. The minimum atomic E-state index is -1.83. The van der Waals surface area contributed by atoms with Crippen LogP contribution >= 0.6 is 0 Å². The van der Waals surface area contributed by atoms with E-state index in [2.05, 4.69) is 38.8 Å². The van der Waals surface area contributed by atoms with Crippen molar-refractivity contribution in [3.8, 4) is 0 Å². The number of nitrogens with zero attached hydrogens (tertiary/aromatic N) is 1. The Morgan fingerprint density at radius 2 is 1.90 bits per heavy atom. The van der Waals surface area contributed by atoms with Crippen molar-refractivity contribution < 1.29 is 4.43 Å². The van der Waals surface area contributed by atoms with Gasteiger partial charge in [-0.15, -0.1) is 0 Å². The van der Waals surface area contributed by atoms with E-state index in [1.165, 1.54) is 4.57 Å². The van der Waals surface area contributed by atoms with Crippen LogP contribution in [0.25, 0.3) is 0 Å². The Bertz CT molecular complexity index is 581. The number of rotatable bonds is 4. The third-order valence-electron chi connectivity index (χ3n) is 4.11. The average molecular weight is 298 g/mol. The van der Waals surface area contributed by atoms with Crippen LogP contribution in [-0.4, -0.2) is 24.5 Å². The van der Waals surface area contributed by atoms with E-state index in [0.717, 1.165) is 0 Å². The predicted molar refractivity (Wildman–Crippen MR) is 83.9 cm³/mol. The molecule has 0 radical (unpaired) electrons. The van der Waals surface area contributed by atoms with E-state index in [1.54, 1.807) is 13.1 Å². The summed E-state index contributed by atoms with van der Waals surface area (Å²) in [5, 5.41) is 0.137. The molecule has 114 valence electrons. The van der Waals surface area contributed by atoms with Gasteiger partial charge in [-0.25, -0.2) is 4.79 Å². The van der Waals surface area contributed by atoms with E-state index >= 15 is 0 Å². The molecule has 1 unspecified atom stereocenters. The Hall–Kier alpha value is -1.14. The van der Waals surface area contributed by atoms with Crippen LogP contribution in [0.5, 0.6) is 0 Å². The van der Waals surface area contributed by atoms with E-state index in [-0.39, 0.29) is 22.3 Å². The summed E-state index contributed by atoms with van der Waals surface area (Å²) < 4.78 is 7.65. The van der Waals surface area contributed by atoms with Crippen LogP contribution in [0.15, 0.2) is 15.8 Å². The Labute approximate surface area is 121 Å². The van der Waals surface area contributed by atoms with Crippen molar-refractivity contribution in [2.75, 3.05) is 6.61 Å². The highest BCUT2D eigenvalue weighted by atomic mass is 28.4. The summed E-state index contributed by atoms with van der Waals surface area (Å²) in [5.41, 5.74) is -0.181. The Morgan fingerprint density at radius 1 is 1.35 bits per heavy atom. The lowest BCUT2D eigenvalue weighted by atomic mass is 10.2. The second-order valence-corrected chi connectivity index (χ2v) is 11.7. The topological polar surface area (TPSA) is 64.1 Å². The number of nitrogens with one attached hydrogen (secondary N) is 1. The Balaban J connectivity index is 2.89. The first-order chi connectivity index (χ1) is 8.95. The van der Waals surface area contributed by atoms with Crippen LogP contribution in [0, 0.1) is 6.92 Å². The van der Waals surface area contributed by atoms with Crippen LogP contribution in [0.3, 0.4) is 0 Å². The molecule has 0 aliphatic heterocycles. The van der Waals surface area contributed by atoms with Gasteiger partial charge in [-0.2, -0.15) is 0 Å². The number of H-pyrrole nitrogens is 1. The van der Waals surface area contributed by atoms with Crippen molar-refractivity contribution in [3.63, 3.8) is 0 Å². The zero-order chi connectivity index (χ0) is 15.7. The zero-order valence-electron chi connectivity index (χ0n) is 13.5. The molecule has 0 spiro atoms. The van der Waals surface area contributed by atoms with Gasteiger partial charge in [-0.3, -0.25) is 14.3 Å². The molecule has 20 heavy (non-hydrogen) atoms. The second kappa shape index (κ2) is 5.69. The smallest absolute Gasteiger partial charge is 0.328 e. The summed E-state index contributed by atoms with van der Waals surface area (Å²) in [6.45, 7) is 15.0. The van der Waals surface area contributed by atoms with Crippen molar-refractivity contribution in [3.05, 3.63) is 32.6 Å². The number of aromatic amines is 1. The fraction of sp³-hybridized carbons (Fsp3) is 0.714. The van der Waals surface area contributed by atoms with Gasteiger partial charge < -0.3 is 4.43 Å². The standard InChI is InChI=1S/C14H26N2O3Si/c1-10-8-16(13(18)15-12(10)17)11(2)9-19-20(6,7)14(3,4)5/h8,11H,9H2,1-7H3,(H,15,17,18). The summed E-state index contributed by atoms with van der Waals surface area (Å²) in [7, 11) is -1.83. The monoisotopic (exact) mass is 298 g/mol. The molecule has 6 heteroatoms. The first-order valence-corrected chi connectivity index (χ1v) is 9.82. The van der Waals surface area contributed by atoms with E-state index in [0.29, 0.717) is 12.2 Å². The third-order valence-corrected chi connectivity index (χ3v) is 8.61. The minimum Gasteiger partial charge on any atom is -0.415 e. The molecule has 0 saturated carbocycles. The molecule has 1 atom stereocenters. The molecule has 1 heterocycles. The predicted octanol–water partition coefficient (Wildman–Crippen LogP) is 2.43. The molecule has 0 saturated heterocycles. The maximum absolute atomic E-state index is 11.8. The number of hydrogen-bond acceptors (Lipinski definition) is 3. The van der Waals surface area contributed by atoms with Crippen molar-refractivity contribution in [2.24, 2.45) is 0 Å². The van der Waals surface area contributed by atoms with Crippen LogP contribution in [0.2, 0.25) is 18.1 Å². The third kappa shape index (κ3) is 3.70. The summed E-state index contributed by atoms with van der Waals surface area (Å²) in [4.78, 5) is 25.5. The fourth-order valence-corrected chi connectivity index (χ4v) is 2.63. The first kappa shape index (κ1) is 16.9. The van der Waals surface area contributed by atoms with E-state index in [4.69, 9.17) is 4.43 Å². The molecule has 0 bridgehead atoms. The minimum absolute atomic E-state index is 0.104. The number of hydrogen-bond donors (Lipinski definition) is 1. The van der Waals surface area contributed by atoms with Gasteiger partial charge in [0.05, 0.1) is 12.6 Å². The van der Waals surface area contributed by atoms with Gasteiger partial charge in [0.2, 0.25) is 0 Å². The van der Waals surface area contributed by atoms with E-state index in [9.17, 15) is 9.59 Å². The molecule has 0 aromatic carbocycles. The number of aromatic nitrogens is 2. The van der Waals surface area contributed by atoms with Gasteiger partial charge in [-0.05, 0) is 32.0 Å². The number of aryl methyl sites for hydroxylation is 1. The maximum atomic E-state index is 11.8. The quantitative estimate of drug-likeness (QED) is 0.868. The van der Waals surface area contributed by atoms with Crippen molar-refractivity contribution in [2.45, 2.75) is 58.8 Å². The SMILES string of the molecule is Cc1cn(C(C)CO[Si](C)(C)C(C)(C)C)c(=O)[nH]c1=O. The molecule has 0 fully saturated rings. The van der Waals surface area contributed by atoms with Crippen molar-refractivity contribution >= 4 is 8.32 Å². The molecule has 0 aliphatic carbocycles. The first-order valence-electron chi connectivity index (χ1n) is 6.92. The van der Waals surface area contributed by atoms with Gasteiger partial charge in [-0.1, -0.05) is 20.8 Å². The molecular weight excluding hydrogens is 272 g/mol. The largest absolute Gasteiger partial charge is 0.415 e. The maximum Gasteiger partial charge on any atom is 0.328 e. The van der Waals surface area contributed by atoms with Crippen LogP contribution in [0.4, 0.5) is 0 Å². The van der Waals surface area contributed by atoms with Crippen molar-refractivity contribution in [1.29, 1.82) is 0 Å². The highest BCUT2D eigenvalue weighted by molar-refractivity contribution is 6.74. The van der Waals surface area contributed by atoms with Crippen LogP contribution in [0.1, 0.15) is 39.3 Å². The normalized spacial score (nSPS) is 14.3. The molecule has 1 aromatic heterocycles. The van der Waals surface area contributed by atoms with Gasteiger partial charge in [0.1, 0.15) is 0 Å². The average Bonchev–Trinajstić information content (AvgIpc) is 2.29. The van der Waals surface area contributed by atoms with Gasteiger partial charge in [0, 0.05) is 11.8 Å². The lowest BCUT2D eigenvalue weighted by molar-refractivity contribution is 0.235. The molecule has 1 rings (SSSR count). The Kier molecular flexibility index (Phi) is 4.81. The summed E-state index contributed by atoms with van der Waals surface area (Å²) in [6.07, 6.45) is 1.60. The fourth-order valence-electron chi connectivity index (χ4n) is 1.54. The van der Waals surface area contributed by atoms with Gasteiger partial charge in [0.25, 0.3) is 5.56 Å². The highest BCUT2D eigenvalue weighted by Crippen LogP contribution is 2.36. The van der Waals surface area contributed by atoms with Gasteiger partial charge in [0.15, 0.2) is 8.32 Å². The zero-order valence-corrected chi connectivity index (χ0v) is 14.5. The summed E-state index contributed by atoms with van der Waals surface area (Å²) in [6, 6.07) is -0.104. The lowest BCUT2D eigenvalue weighted by Gasteiger charge is -2.37. The molecule has 0 amide bonds. The molecule has 1 aromatic rings. The molecular formula is C14H26N2O3Si. The molecule has 1 N–H and O–H groups in total. The Morgan fingerprint density at radius 3 is 2.40 bits per heavy atom.